The van der Waals surface area contributed by atoms with Gasteiger partial charge in [0.2, 0.25) is 0 Å². The molecule has 0 amide bonds. The van der Waals surface area contributed by atoms with Crippen LogP contribution in [-0.4, -0.2) is 17.3 Å². The molecule has 94 valence electrons. The standard InChI is InChI=1S/C8H14O.C2HF3O2/c1-5-7(3)9-8(4)6-2;3-2(4,5)1(6)7/h3-6H2,1-2H3;(H,6,7). The highest BCUT2D eigenvalue weighted by atomic mass is 19.4. The fourth-order valence-corrected chi connectivity index (χ4v) is 0.348. The van der Waals surface area contributed by atoms with Crippen molar-refractivity contribution < 1.29 is 27.8 Å². The highest BCUT2D eigenvalue weighted by molar-refractivity contribution is 5.73. The maximum Gasteiger partial charge on any atom is 0.490 e. The minimum atomic E-state index is -5.08. The first kappa shape index (κ1) is 17.0. The van der Waals surface area contributed by atoms with Gasteiger partial charge in [0.1, 0.15) is 0 Å². The summed E-state index contributed by atoms with van der Waals surface area (Å²) in [5, 5.41) is 7.12. The number of allylic oxidation sites excluding steroid dienone is 2. The predicted molar refractivity (Wildman–Crippen MR) is 53.6 cm³/mol. The van der Waals surface area contributed by atoms with Crippen LogP contribution in [-0.2, 0) is 9.53 Å². The van der Waals surface area contributed by atoms with Gasteiger partial charge in [-0.1, -0.05) is 27.0 Å². The fourth-order valence-electron chi connectivity index (χ4n) is 0.348. The van der Waals surface area contributed by atoms with Crippen molar-refractivity contribution in [3.63, 3.8) is 0 Å². The molecular weight excluding hydrogens is 225 g/mol. The second-order valence-electron chi connectivity index (χ2n) is 2.69. The lowest BCUT2D eigenvalue weighted by atomic mass is 10.4. The van der Waals surface area contributed by atoms with Gasteiger partial charge in [0.15, 0.2) is 0 Å². The molecule has 0 bridgehead atoms. The lowest BCUT2D eigenvalue weighted by Gasteiger charge is -2.05. The summed E-state index contributed by atoms with van der Waals surface area (Å²) in [6.07, 6.45) is -3.36. The molecule has 0 fully saturated rings. The lowest BCUT2D eigenvalue weighted by molar-refractivity contribution is -0.192. The van der Waals surface area contributed by atoms with Gasteiger partial charge in [-0.25, -0.2) is 4.79 Å². The Labute approximate surface area is 92.2 Å². The number of carboxylic acids is 1. The zero-order chi connectivity index (χ0) is 13.4. The molecule has 0 heterocycles. The van der Waals surface area contributed by atoms with E-state index in [0.717, 1.165) is 24.4 Å². The van der Waals surface area contributed by atoms with E-state index in [1.165, 1.54) is 0 Å². The van der Waals surface area contributed by atoms with Crippen LogP contribution in [0.4, 0.5) is 13.2 Å². The van der Waals surface area contributed by atoms with Crippen LogP contribution >= 0.6 is 0 Å². The molecule has 0 aliphatic rings. The third-order valence-electron chi connectivity index (χ3n) is 1.32. The number of rotatable bonds is 4. The Hall–Kier alpha value is -1.46. The summed E-state index contributed by atoms with van der Waals surface area (Å²) in [6, 6.07) is 0. The molecule has 0 saturated carbocycles. The van der Waals surface area contributed by atoms with Crippen LogP contribution in [0.2, 0.25) is 0 Å². The van der Waals surface area contributed by atoms with Crippen LogP contribution in [0, 0.1) is 0 Å². The average molecular weight is 240 g/mol. The fraction of sp³-hybridized carbons (Fsp3) is 0.500. The van der Waals surface area contributed by atoms with Crippen LogP contribution in [0.1, 0.15) is 26.7 Å². The Bertz CT molecular complexity index is 243. The van der Waals surface area contributed by atoms with Crippen molar-refractivity contribution in [1.82, 2.24) is 0 Å². The van der Waals surface area contributed by atoms with E-state index in [0.29, 0.717) is 0 Å². The van der Waals surface area contributed by atoms with Crippen LogP contribution in [0.3, 0.4) is 0 Å². The summed E-state index contributed by atoms with van der Waals surface area (Å²) in [7, 11) is 0. The van der Waals surface area contributed by atoms with Gasteiger partial charge in [-0.2, -0.15) is 13.2 Å². The first-order chi connectivity index (χ1) is 7.15. The minimum Gasteiger partial charge on any atom is -0.475 e. The maximum atomic E-state index is 10.6. The molecule has 1 N–H and O–H groups in total. The molecule has 0 aromatic rings. The smallest absolute Gasteiger partial charge is 0.475 e. The molecule has 0 radical (unpaired) electrons. The van der Waals surface area contributed by atoms with Crippen LogP contribution in [0.25, 0.3) is 0 Å². The Morgan fingerprint density at radius 1 is 1.19 bits per heavy atom. The van der Waals surface area contributed by atoms with Gasteiger partial charge in [-0.05, 0) is 0 Å². The molecule has 0 spiro atoms. The predicted octanol–water partition coefficient (Wildman–Crippen LogP) is 3.48. The van der Waals surface area contributed by atoms with Gasteiger partial charge in [0, 0.05) is 12.8 Å². The number of alkyl halides is 3. The molecule has 0 rings (SSSR count). The Balaban J connectivity index is 0. The van der Waals surface area contributed by atoms with Crippen LogP contribution < -0.4 is 0 Å². The monoisotopic (exact) mass is 240 g/mol. The Kier molecular flexibility index (Phi) is 8.25. The second kappa shape index (κ2) is 7.78. The average Bonchev–Trinajstić information content (AvgIpc) is 2.16. The van der Waals surface area contributed by atoms with Crippen molar-refractivity contribution in [2.75, 3.05) is 0 Å². The number of hydrogen-bond donors (Lipinski definition) is 1. The molecule has 3 nitrogen and oxygen atoms in total. The number of hydrogen-bond acceptors (Lipinski definition) is 2. The van der Waals surface area contributed by atoms with Gasteiger partial charge < -0.3 is 9.84 Å². The molecule has 0 saturated heterocycles. The van der Waals surface area contributed by atoms with Crippen LogP contribution in [0.15, 0.2) is 24.7 Å². The number of carboxylic acid groups (broad SMARTS) is 1. The first-order valence-corrected chi connectivity index (χ1v) is 4.48. The third-order valence-corrected chi connectivity index (χ3v) is 1.32. The molecule has 0 unspecified atom stereocenters. The lowest BCUT2D eigenvalue weighted by Crippen LogP contribution is -2.21. The minimum absolute atomic E-state index is 0.793. The first-order valence-electron chi connectivity index (χ1n) is 4.48. The number of ether oxygens (including phenoxy) is 1. The summed E-state index contributed by atoms with van der Waals surface area (Å²) in [5.41, 5.74) is 0. The Morgan fingerprint density at radius 2 is 1.44 bits per heavy atom. The van der Waals surface area contributed by atoms with Gasteiger partial charge >= 0.3 is 12.1 Å². The van der Waals surface area contributed by atoms with Crippen LogP contribution in [0.5, 0.6) is 0 Å². The second-order valence-corrected chi connectivity index (χ2v) is 2.69. The molecule has 0 atom stereocenters. The normalized spacial score (nSPS) is 9.81. The van der Waals surface area contributed by atoms with E-state index in [2.05, 4.69) is 13.2 Å². The van der Waals surface area contributed by atoms with Gasteiger partial charge in [-0.15, -0.1) is 0 Å². The van der Waals surface area contributed by atoms with Crippen molar-refractivity contribution in [2.24, 2.45) is 0 Å². The molecule has 0 aliphatic carbocycles. The molecule has 6 heteroatoms. The van der Waals surface area contributed by atoms with E-state index in [9.17, 15) is 13.2 Å². The largest absolute Gasteiger partial charge is 0.490 e. The quantitative estimate of drug-likeness (QED) is 0.765. The van der Waals surface area contributed by atoms with E-state index in [1.54, 1.807) is 0 Å². The van der Waals surface area contributed by atoms with Crippen molar-refractivity contribution in [3.8, 4) is 0 Å². The molecule has 0 aliphatic heterocycles. The topological polar surface area (TPSA) is 46.5 Å². The highest BCUT2D eigenvalue weighted by Crippen LogP contribution is 2.13. The maximum absolute atomic E-state index is 10.6. The highest BCUT2D eigenvalue weighted by Gasteiger charge is 2.38. The molecular formula is C10H15F3O3. The van der Waals surface area contributed by atoms with E-state index in [-0.39, 0.29) is 0 Å². The summed E-state index contributed by atoms with van der Waals surface area (Å²) in [4.78, 5) is 8.90. The third kappa shape index (κ3) is 10.6. The van der Waals surface area contributed by atoms with Crippen molar-refractivity contribution >= 4 is 5.97 Å². The molecule has 0 aromatic carbocycles. The van der Waals surface area contributed by atoms with E-state index >= 15 is 0 Å². The summed E-state index contributed by atoms with van der Waals surface area (Å²) >= 11 is 0. The SMILES string of the molecule is C=C(CC)OC(=C)CC.O=C(O)C(F)(F)F. The van der Waals surface area contributed by atoms with Crippen molar-refractivity contribution in [1.29, 1.82) is 0 Å². The number of aliphatic carboxylic acids is 1. The number of carbonyl (C=O) groups is 1. The molecule has 16 heavy (non-hydrogen) atoms. The zero-order valence-corrected chi connectivity index (χ0v) is 9.23. The van der Waals surface area contributed by atoms with E-state index in [4.69, 9.17) is 14.6 Å². The molecule has 0 aromatic heterocycles. The van der Waals surface area contributed by atoms with E-state index in [1.807, 2.05) is 13.8 Å². The zero-order valence-electron chi connectivity index (χ0n) is 9.23. The summed E-state index contributed by atoms with van der Waals surface area (Å²) in [5.74, 6) is -1.17. The number of halogens is 3. The van der Waals surface area contributed by atoms with Gasteiger partial charge in [0.25, 0.3) is 0 Å². The van der Waals surface area contributed by atoms with Gasteiger partial charge in [-0.3, -0.25) is 0 Å². The summed E-state index contributed by atoms with van der Waals surface area (Å²) < 4.78 is 36.9. The van der Waals surface area contributed by atoms with E-state index < -0.39 is 12.1 Å². The van der Waals surface area contributed by atoms with Gasteiger partial charge in [0.05, 0.1) is 11.5 Å². The summed E-state index contributed by atoms with van der Waals surface area (Å²) in [6.45, 7) is 11.4. The van der Waals surface area contributed by atoms with Crippen molar-refractivity contribution in [3.05, 3.63) is 24.7 Å². The van der Waals surface area contributed by atoms with Crippen molar-refractivity contribution in [2.45, 2.75) is 32.9 Å². The Morgan fingerprint density at radius 3 is 1.56 bits per heavy atom.